The topological polar surface area (TPSA) is 135 Å². The zero-order valence-electron chi connectivity index (χ0n) is 31.0. The van der Waals surface area contributed by atoms with E-state index in [4.69, 9.17) is 9.97 Å². The number of halogens is 1. The second kappa shape index (κ2) is 15.3. The van der Waals surface area contributed by atoms with Crippen LogP contribution in [-0.2, 0) is 11.3 Å². The number of aromatic nitrogens is 4. The lowest BCUT2D eigenvalue weighted by Gasteiger charge is -2.43. The minimum atomic E-state index is -0.510. The highest BCUT2D eigenvalue weighted by atomic mass is 19.1. The van der Waals surface area contributed by atoms with Crippen LogP contribution in [0.2, 0.25) is 0 Å². The summed E-state index contributed by atoms with van der Waals surface area (Å²) in [5, 5.41) is 6.42. The molecule has 1 saturated carbocycles. The lowest BCUT2D eigenvalue weighted by Crippen LogP contribution is -2.53. The van der Waals surface area contributed by atoms with Crippen LogP contribution in [0.3, 0.4) is 0 Å². The zero-order valence-corrected chi connectivity index (χ0v) is 31.0. The highest BCUT2D eigenvalue weighted by Crippen LogP contribution is 2.35. The molecule has 1 aromatic carbocycles. The molecule has 4 amide bonds. The Morgan fingerprint density at radius 3 is 2.33 bits per heavy atom. The summed E-state index contributed by atoms with van der Waals surface area (Å²) in [6.07, 6.45) is 10.4. The lowest BCUT2D eigenvalue weighted by atomic mass is 10.0. The maximum atomic E-state index is 15.1. The monoisotopic (exact) mass is 737 g/mol. The van der Waals surface area contributed by atoms with E-state index in [9.17, 15) is 14.4 Å². The van der Waals surface area contributed by atoms with Crippen molar-refractivity contribution in [3.05, 3.63) is 65.9 Å². The van der Waals surface area contributed by atoms with Crippen LogP contribution in [0.15, 0.2) is 48.8 Å². The Labute approximate surface area is 314 Å². The number of imide groups is 1. The van der Waals surface area contributed by atoms with Gasteiger partial charge < -0.3 is 19.7 Å². The minimum absolute atomic E-state index is 0.0282. The van der Waals surface area contributed by atoms with Crippen molar-refractivity contribution in [1.82, 2.24) is 39.5 Å². The van der Waals surface area contributed by atoms with E-state index in [1.807, 2.05) is 18.3 Å². The number of carbonyl (C=O) groups excluding carboxylic acids is 3. The van der Waals surface area contributed by atoms with Gasteiger partial charge in [0.05, 0.1) is 11.9 Å². The van der Waals surface area contributed by atoms with Gasteiger partial charge in [-0.25, -0.2) is 19.2 Å². The summed E-state index contributed by atoms with van der Waals surface area (Å²) >= 11 is 0. The number of nitrogens with one attached hydrogen (secondary N) is 2. The van der Waals surface area contributed by atoms with Crippen LogP contribution >= 0.6 is 0 Å². The molecule has 2 N–H and O–H groups in total. The van der Waals surface area contributed by atoms with Crippen LogP contribution in [0, 0.1) is 5.82 Å². The van der Waals surface area contributed by atoms with Gasteiger partial charge in [-0.15, -0.1) is 0 Å². The Hall–Kier alpha value is -5.15. The van der Waals surface area contributed by atoms with E-state index in [1.54, 1.807) is 37.3 Å². The number of urea groups is 1. The van der Waals surface area contributed by atoms with E-state index in [-0.39, 0.29) is 36.6 Å². The van der Waals surface area contributed by atoms with Gasteiger partial charge in [0.2, 0.25) is 11.9 Å². The molecular weight excluding hydrogens is 690 g/mol. The van der Waals surface area contributed by atoms with Crippen molar-refractivity contribution in [2.45, 2.75) is 63.6 Å². The van der Waals surface area contributed by atoms with E-state index < -0.39 is 6.03 Å². The fourth-order valence-corrected chi connectivity index (χ4v) is 8.42. The molecular formula is C39H48FN11O3. The van der Waals surface area contributed by atoms with Crippen molar-refractivity contribution >= 4 is 52.0 Å². The number of benzene rings is 1. The Balaban J connectivity index is 0.825. The molecule has 1 aliphatic carbocycles. The van der Waals surface area contributed by atoms with E-state index in [2.05, 4.69) is 41.0 Å². The molecule has 15 heteroatoms. The largest absolute Gasteiger partial charge is 0.370 e. The summed E-state index contributed by atoms with van der Waals surface area (Å²) in [4.78, 5) is 61.1. The number of carbonyl (C=O) groups is 3. The molecule has 3 aromatic heterocycles. The van der Waals surface area contributed by atoms with Crippen LogP contribution in [0.25, 0.3) is 11.0 Å². The third kappa shape index (κ3) is 7.47. The first-order chi connectivity index (χ1) is 26.2. The first-order valence-corrected chi connectivity index (χ1v) is 19.1. The second-order valence-electron chi connectivity index (χ2n) is 15.1. The summed E-state index contributed by atoms with van der Waals surface area (Å²) in [7, 11) is 3.56. The first kappa shape index (κ1) is 35.9. The maximum absolute atomic E-state index is 15.1. The highest BCUT2D eigenvalue weighted by Gasteiger charge is 2.30. The summed E-state index contributed by atoms with van der Waals surface area (Å²) in [5.41, 5.74) is 3.59. The molecule has 3 saturated heterocycles. The number of hydrogen-bond acceptors (Lipinski definition) is 10. The third-order valence-electron chi connectivity index (χ3n) is 11.4. The van der Waals surface area contributed by atoms with Crippen LogP contribution < -0.4 is 20.4 Å². The number of anilines is 4. The molecule has 4 fully saturated rings. The Morgan fingerprint density at radius 1 is 0.889 bits per heavy atom. The predicted molar refractivity (Wildman–Crippen MR) is 205 cm³/mol. The van der Waals surface area contributed by atoms with Gasteiger partial charge in [-0.05, 0) is 56.0 Å². The summed E-state index contributed by atoms with van der Waals surface area (Å²) < 4.78 is 17.2. The van der Waals surface area contributed by atoms with Crippen molar-refractivity contribution in [3.8, 4) is 0 Å². The summed E-state index contributed by atoms with van der Waals surface area (Å²) in [6.45, 7) is 6.30. The SMILES string of the molecule is CN(C)C(=O)c1cc2cnc(Nc3ccc(N4CCC(N5CCN(Cc6ccc(N7CCC(=O)NC7=O)cc6F)CC5)CC4)cn3)nc2n1C1CCCC1. The quantitative estimate of drug-likeness (QED) is 0.248. The van der Waals surface area contributed by atoms with E-state index in [0.29, 0.717) is 41.3 Å². The Morgan fingerprint density at radius 2 is 1.65 bits per heavy atom. The number of amides is 4. The average Bonchev–Trinajstić information content (AvgIpc) is 3.84. The number of nitrogens with zero attached hydrogens (tertiary/aromatic N) is 9. The van der Waals surface area contributed by atoms with Crippen LogP contribution in [0.5, 0.6) is 0 Å². The molecule has 0 unspecified atom stereocenters. The molecule has 6 heterocycles. The van der Waals surface area contributed by atoms with Gasteiger partial charge in [-0.1, -0.05) is 18.9 Å². The molecule has 54 heavy (non-hydrogen) atoms. The zero-order chi connectivity index (χ0) is 37.3. The van der Waals surface area contributed by atoms with Gasteiger partial charge in [0.15, 0.2) is 0 Å². The molecule has 284 valence electrons. The second-order valence-corrected chi connectivity index (χ2v) is 15.1. The summed E-state index contributed by atoms with van der Waals surface area (Å²) in [5.74, 6) is 0.447. The van der Waals surface area contributed by atoms with Gasteiger partial charge >= 0.3 is 6.03 Å². The highest BCUT2D eigenvalue weighted by molar-refractivity contribution is 6.05. The molecule has 4 aromatic rings. The van der Waals surface area contributed by atoms with Crippen molar-refractivity contribution in [2.75, 3.05) is 75.0 Å². The van der Waals surface area contributed by atoms with Gasteiger partial charge in [-0.2, -0.15) is 4.98 Å². The number of hydrogen-bond donors (Lipinski definition) is 2. The fraction of sp³-hybridized carbons (Fsp3) is 0.487. The number of piperidine rings is 1. The molecule has 0 radical (unpaired) electrons. The van der Waals surface area contributed by atoms with Crippen LogP contribution in [-0.4, -0.2) is 118 Å². The van der Waals surface area contributed by atoms with Crippen molar-refractivity contribution in [3.63, 3.8) is 0 Å². The fourth-order valence-electron chi connectivity index (χ4n) is 8.42. The molecule has 0 atom stereocenters. The molecule has 14 nitrogen and oxygen atoms in total. The molecule has 4 aliphatic rings. The number of pyridine rings is 1. The minimum Gasteiger partial charge on any atom is -0.370 e. The van der Waals surface area contributed by atoms with Crippen LogP contribution in [0.1, 0.15) is 67.0 Å². The smallest absolute Gasteiger partial charge is 0.328 e. The number of fused-ring (bicyclic) bond motifs is 1. The van der Waals surface area contributed by atoms with Gasteiger partial charge in [0.1, 0.15) is 23.0 Å². The number of piperazine rings is 1. The normalized spacial score (nSPS) is 19.5. The lowest BCUT2D eigenvalue weighted by molar-refractivity contribution is -0.120. The Bertz CT molecular complexity index is 2010. The van der Waals surface area contributed by atoms with Gasteiger partial charge in [0, 0.05) is 108 Å². The summed E-state index contributed by atoms with van der Waals surface area (Å²) in [6, 6.07) is 11.1. The van der Waals surface area contributed by atoms with Gasteiger partial charge in [-0.3, -0.25) is 29.6 Å². The van der Waals surface area contributed by atoms with E-state index in [0.717, 1.165) is 94.5 Å². The van der Waals surface area contributed by atoms with Crippen molar-refractivity contribution < 1.29 is 18.8 Å². The van der Waals surface area contributed by atoms with Gasteiger partial charge in [0.25, 0.3) is 5.91 Å². The van der Waals surface area contributed by atoms with E-state index >= 15 is 4.39 Å². The molecule has 0 bridgehead atoms. The standard InChI is InChI=1S/C39H48FN11O3/c1-46(2)37(53)33-21-27-23-42-38(45-36(27)51(33)29-5-3-4-6-29)43-34-10-9-31(24-41-34)48-14-11-28(12-15-48)49-19-17-47(18-20-49)25-26-7-8-30(22-32(26)40)50-16-13-35(52)44-39(50)54/h7-10,21-24,28-29H,3-6,11-20,25H2,1-2H3,(H,44,52,54)(H,41,42,43,45). The van der Waals surface area contributed by atoms with Crippen LogP contribution in [0.4, 0.5) is 32.3 Å². The molecule has 8 rings (SSSR count). The predicted octanol–water partition coefficient (Wildman–Crippen LogP) is 4.76. The van der Waals surface area contributed by atoms with E-state index in [1.165, 1.54) is 11.0 Å². The molecule has 3 aliphatic heterocycles. The first-order valence-electron chi connectivity index (χ1n) is 19.1. The maximum Gasteiger partial charge on any atom is 0.328 e. The number of rotatable bonds is 9. The van der Waals surface area contributed by atoms with Crippen molar-refractivity contribution in [2.24, 2.45) is 0 Å². The Kier molecular flexibility index (Phi) is 10.2. The third-order valence-corrected chi connectivity index (χ3v) is 11.4. The average molecular weight is 738 g/mol. The van der Waals surface area contributed by atoms with Crippen molar-refractivity contribution in [1.29, 1.82) is 0 Å². The molecule has 0 spiro atoms.